The molecule has 17 heavy (non-hydrogen) atoms. The molecule has 2 aromatic rings. The zero-order valence-electron chi connectivity index (χ0n) is 8.90. The molecule has 2 heterocycles. The van der Waals surface area contributed by atoms with Gasteiger partial charge in [0.25, 0.3) is 5.91 Å². The third-order valence-electron chi connectivity index (χ3n) is 1.98. The van der Waals surface area contributed by atoms with Gasteiger partial charge in [0.15, 0.2) is 5.13 Å². The van der Waals surface area contributed by atoms with Gasteiger partial charge in [-0.2, -0.15) is 0 Å². The van der Waals surface area contributed by atoms with Crippen LogP contribution in [0.25, 0.3) is 0 Å². The Morgan fingerprint density at radius 2 is 2.29 bits per heavy atom. The molecule has 5 nitrogen and oxygen atoms in total. The van der Waals surface area contributed by atoms with Gasteiger partial charge in [-0.25, -0.2) is 4.98 Å². The SMILES string of the molecule is CNc1ccnc(C(=O)Nc2ncc(Br)s2)c1. The second kappa shape index (κ2) is 5.24. The number of hydrogen-bond acceptors (Lipinski definition) is 5. The fraction of sp³-hybridized carbons (Fsp3) is 0.100. The summed E-state index contributed by atoms with van der Waals surface area (Å²) in [6.45, 7) is 0. The number of amides is 1. The average Bonchev–Trinajstić information content (AvgIpc) is 2.75. The summed E-state index contributed by atoms with van der Waals surface area (Å²) in [5, 5.41) is 6.17. The number of carbonyl (C=O) groups excluding carboxylic acids is 1. The summed E-state index contributed by atoms with van der Waals surface area (Å²) < 4.78 is 0.865. The topological polar surface area (TPSA) is 66.9 Å². The summed E-state index contributed by atoms with van der Waals surface area (Å²) in [4.78, 5) is 19.9. The molecule has 7 heteroatoms. The maximum absolute atomic E-state index is 11.8. The zero-order chi connectivity index (χ0) is 12.3. The number of carbonyl (C=O) groups is 1. The Hall–Kier alpha value is -1.47. The summed E-state index contributed by atoms with van der Waals surface area (Å²) in [5.41, 5.74) is 1.19. The number of anilines is 2. The molecule has 0 saturated heterocycles. The lowest BCUT2D eigenvalue weighted by atomic mass is 10.3. The van der Waals surface area contributed by atoms with Crippen molar-refractivity contribution in [2.45, 2.75) is 0 Å². The number of halogens is 1. The largest absolute Gasteiger partial charge is 0.388 e. The number of aromatic nitrogens is 2. The predicted molar refractivity (Wildman–Crippen MR) is 71.6 cm³/mol. The van der Waals surface area contributed by atoms with Crippen molar-refractivity contribution in [1.29, 1.82) is 0 Å². The Labute approximate surface area is 110 Å². The van der Waals surface area contributed by atoms with Crippen molar-refractivity contribution >= 4 is 44.0 Å². The van der Waals surface area contributed by atoms with E-state index in [-0.39, 0.29) is 5.91 Å². The fourth-order valence-electron chi connectivity index (χ4n) is 1.18. The van der Waals surface area contributed by atoms with E-state index in [1.54, 1.807) is 31.6 Å². The van der Waals surface area contributed by atoms with Gasteiger partial charge in [0.05, 0.1) is 9.98 Å². The Balaban J connectivity index is 2.14. The van der Waals surface area contributed by atoms with E-state index in [1.165, 1.54) is 11.3 Å². The van der Waals surface area contributed by atoms with E-state index in [4.69, 9.17) is 0 Å². The van der Waals surface area contributed by atoms with Crippen molar-refractivity contribution < 1.29 is 4.79 Å². The quantitative estimate of drug-likeness (QED) is 0.914. The molecule has 0 aromatic carbocycles. The first kappa shape index (κ1) is 12.0. The molecule has 88 valence electrons. The highest BCUT2D eigenvalue weighted by atomic mass is 79.9. The van der Waals surface area contributed by atoms with Gasteiger partial charge in [-0.3, -0.25) is 15.1 Å². The summed E-state index contributed by atoms with van der Waals surface area (Å²) in [7, 11) is 1.79. The number of thiazole rings is 1. The smallest absolute Gasteiger partial charge is 0.276 e. The molecule has 0 aliphatic heterocycles. The molecule has 0 aliphatic rings. The number of pyridine rings is 1. The lowest BCUT2D eigenvalue weighted by Crippen LogP contribution is -2.13. The minimum absolute atomic E-state index is 0.274. The van der Waals surface area contributed by atoms with Gasteiger partial charge in [0.1, 0.15) is 5.69 Å². The second-order valence-corrected chi connectivity index (χ2v) is 5.51. The van der Waals surface area contributed by atoms with Crippen LogP contribution in [0.1, 0.15) is 10.5 Å². The molecule has 0 atom stereocenters. The van der Waals surface area contributed by atoms with Crippen LogP contribution < -0.4 is 10.6 Å². The zero-order valence-corrected chi connectivity index (χ0v) is 11.3. The van der Waals surface area contributed by atoms with Crippen molar-refractivity contribution in [3.05, 3.63) is 34.0 Å². The second-order valence-electron chi connectivity index (χ2n) is 3.10. The lowest BCUT2D eigenvalue weighted by Gasteiger charge is -2.03. The van der Waals surface area contributed by atoms with E-state index in [1.807, 2.05) is 0 Å². The first-order valence-electron chi connectivity index (χ1n) is 4.75. The van der Waals surface area contributed by atoms with Crippen LogP contribution in [0, 0.1) is 0 Å². The van der Waals surface area contributed by atoms with Crippen molar-refractivity contribution in [1.82, 2.24) is 9.97 Å². The van der Waals surface area contributed by atoms with Gasteiger partial charge in [-0.15, -0.1) is 0 Å². The van der Waals surface area contributed by atoms with Gasteiger partial charge in [0.2, 0.25) is 0 Å². The van der Waals surface area contributed by atoms with Crippen LogP contribution >= 0.6 is 27.3 Å². The number of hydrogen-bond donors (Lipinski definition) is 2. The Bertz CT molecular complexity index is 543. The van der Waals surface area contributed by atoms with Gasteiger partial charge in [-0.05, 0) is 28.1 Å². The highest BCUT2D eigenvalue weighted by molar-refractivity contribution is 9.11. The fourth-order valence-corrected chi connectivity index (χ4v) is 2.29. The molecule has 2 aromatic heterocycles. The van der Waals surface area contributed by atoms with Crippen LogP contribution in [-0.4, -0.2) is 22.9 Å². The summed E-state index contributed by atoms with van der Waals surface area (Å²) in [6.07, 6.45) is 3.22. The van der Waals surface area contributed by atoms with E-state index in [2.05, 4.69) is 36.5 Å². The molecule has 0 fully saturated rings. The molecule has 0 radical (unpaired) electrons. The molecule has 2 rings (SSSR count). The van der Waals surface area contributed by atoms with Crippen LogP contribution in [0.3, 0.4) is 0 Å². The van der Waals surface area contributed by atoms with Gasteiger partial charge < -0.3 is 5.32 Å². The van der Waals surface area contributed by atoms with E-state index in [0.717, 1.165) is 9.47 Å². The highest BCUT2D eigenvalue weighted by Gasteiger charge is 2.10. The minimum atomic E-state index is -0.274. The van der Waals surface area contributed by atoms with E-state index >= 15 is 0 Å². The minimum Gasteiger partial charge on any atom is -0.388 e. The van der Waals surface area contributed by atoms with Crippen LogP contribution in [-0.2, 0) is 0 Å². The molecule has 0 bridgehead atoms. The third-order valence-corrected chi connectivity index (χ3v) is 3.37. The summed E-state index contributed by atoms with van der Waals surface area (Å²) in [6, 6.07) is 3.47. The Kier molecular flexibility index (Phi) is 3.70. The molecule has 0 saturated carbocycles. The number of nitrogens with one attached hydrogen (secondary N) is 2. The summed E-state index contributed by atoms with van der Waals surface area (Å²) in [5.74, 6) is -0.274. The predicted octanol–water partition coefficient (Wildman–Crippen LogP) is 2.59. The Morgan fingerprint density at radius 1 is 1.47 bits per heavy atom. The van der Waals surface area contributed by atoms with Gasteiger partial charge in [0, 0.05) is 18.9 Å². The molecular formula is C10H9BrN4OS. The third kappa shape index (κ3) is 3.01. The normalized spacial score (nSPS) is 10.0. The van der Waals surface area contributed by atoms with Crippen LogP contribution in [0.15, 0.2) is 28.3 Å². The van der Waals surface area contributed by atoms with Crippen molar-refractivity contribution in [3.63, 3.8) is 0 Å². The van der Waals surface area contributed by atoms with Gasteiger partial charge >= 0.3 is 0 Å². The van der Waals surface area contributed by atoms with E-state index < -0.39 is 0 Å². The van der Waals surface area contributed by atoms with Crippen LogP contribution in [0.2, 0.25) is 0 Å². The Morgan fingerprint density at radius 3 is 2.94 bits per heavy atom. The van der Waals surface area contributed by atoms with E-state index in [9.17, 15) is 4.79 Å². The number of rotatable bonds is 3. The van der Waals surface area contributed by atoms with Crippen molar-refractivity contribution in [2.24, 2.45) is 0 Å². The van der Waals surface area contributed by atoms with Crippen LogP contribution in [0.5, 0.6) is 0 Å². The van der Waals surface area contributed by atoms with Gasteiger partial charge in [-0.1, -0.05) is 11.3 Å². The van der Waals surface area contributed by atoms with Crippen molar-refractivity contribution in [2.75, 3.05) is 17.7 Å². The molecule has 0 spiro atoms. The molecule has 0 aliphatic carbocycles. The first-order chi connectivity index (χ1) is 8.19. The maximum atomic E-state index is 11.8. The van der Waals surface area contributed by atoms with Crippen LogP contribution in [0.4, 0.5) is 10.8 Å². The van der Waals surface area contributed by atoms with Crippen molar-refractivity contribution in [3.8, 4) is 0 Å². The molecule has 1 amide bonds. The monoisotopic (exact) mass is 312 g/mol. The molecular weight excluding hydrogens is 304 g/mol. The molecule has 0 unspecified atom stereocenters. The lowest BCUT2D eigenvalue weighted by molar-refractivity contribution is 0.102. The standard InChI is InChI=1S/C10H9BrN4OS/c1-12-6-2-3-13-7(4-6)9(16)15-10-14-5-8(11)17-10/h2-5H,1H3,(H,12,13)(H,14,15,16). The number of nitrogens with zero attached hydrogens (tertiary/aromatic N) is 2. The first-order valence-corrected chi connectivity index (χ1v) is 6.36. The highest BCUT2D eigenvalue weighted by Crippen LogP contribution is 2.23. The summed E-state index contributed by atoms with van der Waals surface area (Å²) >= 11 is 4.63. The maximum Gasteiger partial charge on any atom is 0.276 e. The van der Waals surface area contributed by atoms with E-state index in [0.29, 0.717) is 10.8 Å². The average molecular weight is 313 g/mol. The molecule has 2 N–H and O–H groups in total.